The van der Waals surface area contributed by atoms with Crippen LogP contribution in [-0.4, -0.2) is 53.1 Å². The average molecular weight is 438 g/mol. The van der Waals surface area contributed by atoms with Crippen LogP contribution in [0.2, 0.25) is 0 Å². The molecule has 5 N–H and O–H groups in total. The summed E-state index contributed by atoms with van der Waals surface area (Å²) in [5, 5.41) is 6.32. The predicted molar refractivity (Wildman–Crippen MR) is 105 cm³/mol. The number of alkyl halides is 3. The van der Waals surface area contributed by atoms with E-state index in [1.165, 1.54) is 25.4 Å². The van der Waals surface area contributed by atoms with Crippen molar-refractivity contribution in [1.82, 2.24) is 15.1 Å². The minimum Gasteiger partial charge on any atom is -0.496 e. The molecule has 1 aromatic heterocycles. The van der Waals surface area contributed by atoms with Gasteiger partial charge in [-0.1, -0.05) is 0 Å². The van der Waals surface area contributed by atoms with Gasteiger partial charge in [-0.25, -0.2) is 0 Å². The Morgan fingerprint density at radius 3 is 2.45 bits per heavy atom. The van der Waals surface area contributed by atoms with Crippen molar-refractivity contribution < 1.29 is 27.5 Å². The van der Waals surface area contributed by atoms with Crippen molar-refractivity contribution in [2.45, 2.75) is 24.9 Å². The summed E-state index contributed by atoms with van der Waals surface area (Å²) in [6.07, 6.45) is -2.63. The van der Waals surface area contributed by atoms with Crippen molar-refractivity contribution >= 4 is 17.8 Å². The van der Waals surface area contributed by atoms with Gasteiger partial charge in [0, 0.05) is 19.3 Å². The Kier molecular flexibility index (Phi) is 6.18. The molecule has 31 heavy (non-hydrogen) atoms. The van der Waals surface area contributed by atoms with E-state index in [9.17, 15) is 22.8 Å². The van der Waals surface area contributed by atoms with Crippen LogP contribution in [0.4, 0.5) is 13.2 Å². The molecule has 2 aromatic rings. The van der Waals surface area contributed by atoms with Gasteiger partial charge < -0.3 is 21.1 Å². The number of nitrogens with one attached hydrogen (secondary N) is 1. The number of carbonyl (C=O) groups excluding carboxylic acids is 2. The quantitative estimate of drug-likeness (QED) is 0.492. The van der Waals surface area contributed by atoms with Crippen molar-refractivity contribution in [3.05, 3.63) is 46.8 Å². The molecule has 1 aliphatic heterocycles. The third-order valence-electron chi connectivity index (χ3n) is 5.09. The minimum absolute atomic E-state index is 0.000704. The first kappa shape index (κ1) is 22.1. The fraction of sp³-hybridized carbons (Fsp3) is 0.368. The smallest absolute Gasteiger partial charge is 0.416 e. The number of aliphatic imine (C=N–C) groups is 1. The normalized spacial score (nSPS) is 14.9. The van der Waals surface area contributed by atoms with Gasteiger partial charge in [0.2, 0.25) is 0 Å². The number of amides is 2. The summed E-state index contributed by atoms with van der Waals surface area (Å²) in [5.41, 5.74) is 9.31. The lowest BCUT2D eigenvalue weighted by molar-refractivity contribution is -0.138. The number of piperidine rings is 1. The van der Waals surface area contributed by atoms with Gasteiger partial charge in [0.15, 0.2) is 5.96 Å². The lowest BCUT2D eigenvalue weighted by atomic mass is 9.85. The number of H-pyrrole nitrogens is 1. The van der Waals surface area contributed by atoms with Gasteiger partial charge in [-0.3, -0.25) is 14.7 Å². The van der Waals surface area contributed by atoms with Gasteiger partial charge >= 0.3 is 6.18 Å². The number of ether oxygens (including phenoxy) is 1. The first-order chi connectivity index (χ1) is 14.6. The molecule has 0 bridgehead atoms. The molecule has 1 fully saturated rings. The molecule has 0 saturated carbocycles. The highest BCUT2D eigenvalue weighted by molar-refractivity contribution is 6.04. The number of benzene rings is 1. The fourth-order valence-electron chi connectivity index (χ4n) is 3.63. The van der Waals surface area contributed by atoms with Crippen LogP contribution in [0.3, 0.4) is 0 Å². The van der Waals surface area contributed by atoms with Crippen LogP contribution >= 0.6 is 0 Å². The van der Waals surface area contributed by atoms with Crippen LogP contribution in [0, 0.1) is 0 Å². The van der Waals surface area contributed by atoms with Crippen LogP contribution in [-0.2, 0) is 6.18 Å². The number of aromatic amines is 1. The maximum Gasteiger partial charge on any atom is 0.416 e. The van der Waals surface area contributed by atoms with E-state index in [4.69, 9.17) is 16.2 Å². The molecule has 0 unspecified atom stereocenters. The summed E-state index contributed by atoms with van der Waals surface area (Å²) in [6, 6.07) is 3.45. The second-order valence-corrected chi connectivity index (χ2v) is 7.02. The zero-order valence-corrected chi connectivity index (χ0v) is 16.6. The molecule has 0 aliphatic carbocycles. The summed E-state index contributed by atoms with van der Waals surface area (Å²) >= 11 is 0. The van der Waals surface area contributed by atoms with Crippen molar-refractivity contribution in [3.63, 3.8) is 0 Å². The van der Waals surface area contributed by atoms with Crippen LogP contribution in [0.25, 0.3) is 0 Å². The number of methoxy groups -OCH3 is 1. The zero-order valence-electron chi connectivity index (χ0n) is 16.6. The first-order valence-corrected chi connectivity index (χ1v) is 9.33. The van der Waals surface area contributed by atoms with Crippen molar-refractivity contribution in [2.75, 3.05) is 20.2 Å². The predicted octanol–water partition coefficient (Wildman–Crippen LogP) is 1.87. The van der Waals surface area contributed by atoms with E-state index in [-0.39, 0.29) is 35.9 Å². The number of rotatable bonds is 4. The van der Waals surface area contributed by atoms with E-state index in [0.717, 1.165) is 0 Å². The summed E-state index contributed by atoms with van der Waals surface area (Å²) in [6.45, 7) is 0.549. The van der Waals surface area contributed by atoms with E-state index in [1.54, 1.807) is 4.90 Å². The Hall–Kier alpha value is -3.57. The monoisotopic (exact) mass is 438 g/mol. The number of likely N-dealkylation sites (tertiary alicyclic amines) is 1. The van der Waals surface area contributed by atoms with Crippen LogP contribution in [0.15, 0.2) is 29.4 Å². The fourth-order valence-corrected chi connectivity index (χ4v) is 3.63. The molecule has 1 aliphatic rings. The standard InChI is InChI=1S/C19H21F3N6O3/c1-31-15-9-11(13(19(20,21)22)8-12(15)16(29)26-18(23)24)10-3-6-28(7-4-10)17(30)14-2-5-25-27-14/h2,5,8-10H,3-4,6-7H2,1H3,(H,25,27)(H4,23,24,26,29). The molecule has 2 heterocycles. The minimum atomic E-state index is -4.71. The molecule has 0 atom stereocenters. The van der Waals surface area contributed by atoms with E-state index in [1.807, 2.05) is 0 Å². The molecule has 1 aromatic carbocycles. The molecule has 0 spiro atoms. The second kappa shape index (κ2) is 8.66. The Labute approximate surface area is 175 Å². The number of hydrogen-bond donors (Lipinski definition) is 3. The van der Waals surface area contributed by atoms with E-state index in [2.05, 4.69) is 15.2 Å². The Morgan fingerprint density at radius 2 is 1.94 bits per heavy atom. The number of halogens is 3. The maximum atomic E-state index is 13.8. The third kappa shape index (κ3) is 4.78. The SMILES string of the molecule is COc1cc(C2CCN(C(=O)c3ccn[nH]3)CC2)c(C(F)(F)F)cc1C(=O)N=C(N)N. The molecular formula is C19H21F3N6O3. The van der Waals surface area contributed by atoms with Crippen LogP contribution in [0.5, 0.6) is 5.75 Å². The van der Waals surface area contributed by atoms with E-state index in [0.29, 0.717) is 24.6 Å². The highest BCUT2D eigenvalue weighted by Crippen LogP contribution is 2.42. The first-order valence-electron chi connectivity index (χ1n) is 9.33. The summed E-state index contributed by atoms with van der Waals surface area (Å²) in [4.78, 5) is 29.5. The molecule has 12 heteroatoms. The van der Waals surface area contributed by atoms with Crippen LogP contribution < -0.4 is 16.2 Å². The Morgan fingerprint density at radius 1 is 1.26 bits per heavy atom. The molecular weight excluding hydrogens is 417 g/mol. The maximum absolute atomic E-state index is 13.8. The number of aromatic nitrogens is 2. The summed E-state index contributed by atoms with van der Waals surface area (Å²) in [7, 11) is 1.24. The zero-order chi connectivity index (χ0) is 22.8. The number of hydrogen-bond acceptors (Lipinski definition) is 4. The molecule has 0 radical (unpaired) electrons. The van der Waals surface area contributed by atoms with Crippen molar-refractivity contribution in [1.29, 1.82) is 0 Å². The number of nitrogens with two attached hydrogens (primary N) is 2. The highest BCUT2D eigenvalue weighted by Gasteiger charge is 2.38. The van der Waals surface area contributed by atoms with Crippen LogP contribution in [0.1, 0.15) is 50.7 Å². The molecule has 1 saturated heterocycles. The van der Waals surface area contributed by atoms with Gasteiger partial charge in [0.25, 0.3) is 11.8 Å². The molecule has 3 rings (SSSR count). The molecule has 166 valence electrons. The lowest BCUT2D eigenvalue weighted by Crippen LogP contribution is -2.38. The Balaban J connectivity index is 1.91. The summed E-state index contributed by atoms with van der Waals surface area (Å²) in [5.74, 6) is -2.41. The van der Waals surface area contributed by atoms with Gasteiger partial charge in [-0.05, 0) is 42.5 Å². The Bertz CT molecular complexity index is 992. The average Bonchev–Trinajstić information content (AvgIpc) is 3.26. The number of nitrogens with zero attached hydrogens (tertiary/aromatic N) is 3. The second-order valence-electron chi connectivity index (χ2n) is 7.02. The summed E-state index contributed by atoms with van der Waals surface area (Å²) < 4.78 is 46.6. The highest BCUT2D eigenvalue weighted by atomic mass is 19.4. The van der Waals surface area contributed by atoms with E-state index < -0.39 is 29.5 Å². The van der Waals surface area contributed by atoms with Crippen molar-refractivity contribution in [3.8, 4) is 5.75 Å². The molecule has 2 amide bonds. The molecule has 9 nitrogen and oxygen atoms in total. The largest absolute Gasteiger partial charge is 0.496 e. The van der Waals surface area contributed by atoms with Gasteiger partial charge in [0.1, 0.15) is 11.4 Å². The topological polar surface area (TPSA) is 140 Å². The lowest BCUT2D eigenvalue weighted by Gasteiger charge is -2.33. The van der Waals surface area contributed by atoms with Gasteiger partial charge in [-0.2, -0.15) is 23.3 Å². The third-order valence-corrected chi connectivity index (χ3v) is 5.09. The van der Waals surface area contributed by atoms with E-state index >= 15 is 0 Å². The van der Waals surface area contributed by atoms with Crippen molar-refractivity contribution in [2.24, 2.45) is 16.5 Å². The van der Waals surface area contributed by atoms with Gasteiger partial charge in [-0.15, -0.1) is 0 Å². The number of guanidine groups is 1. The number of carbonyl (C=O) groups is 2. The van der Waals surface area contributed by atoms with Gasteiger partial charge in [0.05, 0.1) is 18.2 Å².